The molecule has 1 heterocycles. The van der Waals surface area contributed by atoms with Crippen molar-refractivity contribution < 1.29 is 4.79 Å². The predicted molar refractivity (Wildman–Crippen MR) is 75.4 cm³/mol. The Morgan fingerprint density at radius 3 is 2.72 bits per heavy atom. The summed E-state index contributed by atoms with van der Waals surface area (Å²) in [5.74, 6) is 0.109. The van der Waals surface area contributed by atoms with Crippen molar-refractivity contribution in [2.24, 2.45) is 0 Å². The van der Waals surface area contributed by atoms with Crippen LogP contribution in [-0.4, -0.2) is 15.6 Å². The van der Waals surface area contributed by atoms with Gasteiger partial charge in [0.1, 0.15) is 10.4 Å². The molecule has 0 aliphatic carbocycles. The largest absolute Gasteiger partial charge is 0.300 e. The Kier molecular flexibility index (Phi) is 3.88. The third-order valence-electron chi connectivity index (χ3n) is 2.63. The number of para-hydroxylation sites is 1. The number of benzene rings is 1. The van der Waals surface area contributed by atoms with Crippen LogP contribution in [0.5, 0.6) is 0 Å². The van der Waals surface area contributed by atoms with Gasteiger partial charge in [-0.25, -0.2) is 4.68 Å². The molecule has 0 unspecified atom stereocenters. The zero-order valence-corrected chi connectivity index (χ0v) is 12.4. The maximum Gasteiger partial charge on any atom is 0.134 e. The number of carbonyl (C=O) groups is 1. The highest BCUT2D eigenvalue weighted by molar-refractivity contribution is 9.10. The van der Waals surface area contributed by atoms with Crippen LogP contribution in [0.1, 0.15) is 18.2 Å². The Morgan fingerprint density at radius 1 is 1.44 bits per heavy atom. The first kappa shape index (κ1) is 13.3. The average molecular weight is 328 g/mol. The summed E-state index contributed by atoms with van der Waals surface area (Å²) in [5, 5.41) is 5.05. The highest BCUT2D eigenvalue weighted by Crippen LogP contribution is 2.28. The number of hydrogen-bond donors (Lipinski definition) is 0. The molecular formula is C13H12BrClN2O. The molecule has 0 spiro atoms. The third kappa shape index (κ3) is 2.49. The van der Waals surface area contributed by atoms with Crippen LogP contribution in [0.4, 0.5) is 0 Å². The van der Waals surface area contributed by atoms with Crippen molar-refractivity contribution in [3.8, 4) is 5.69 Å². The molecule has 1 aromatic heterocycles. The summed E-state index contributed by atoms with van der Waals surface area (Å²) in [6.45, 7) is 3.45. The van der Waals surface area contributed by atoms with Gasteiger partial charge in [0.15, 0.2) is 0 Å². The van der Waals surface area contributed by atoms with E-state index in [1.54, 1.807) is 11.6 Å². The fraction of sp³-hybridized carbons (Fsp3) is 0.231. The maximum absolute atomic E-state index is 11.2. The third-order valence-corrected chi connectivity index (χ3v) is 3.76. The van der Waals surface area contributed by atoms with E-state index in [0.717, 1.165) is 21.5 Å². The fourth-order valence-electron chi connectivity index (χ4n) is 1.76. The summed E-state index contributed by atoms with van der Waals surface area (Å²) in [7, 11) is 0. The van der Waals surface area contributed by atoms with Gasteiger partial charge in [-0.3, -0.25) is 4.79 Å². The van der Waals surface area contributed by atoms with Crippen molar-refractivity contribution in [2.45, 2.75) is 20.3 Å². The number of aromatic nitrogens is 2. The van der Waals surface area contributed by atoms with Crippen LogP contribution in [0.15, 0.2) is 28.9 Å². The second-order valence-corrected chi connectivity index (χ2v) is 5.26. The number of Topliss-reactive ketones (excluding diaryl/α,β-unsaturated/α-hetero) is 1. The lowest BCUT2D eigenvalue weighted by atomic mass is 10.1. The molecule has 0 aliphatic heterocycles. The molecule has 0 atom stereocenters. The van der Waals surface area contributed by atoms with E-state index in [2.05, 4.69) is 21.0 Å². The number of halogens is 2. The minimum atomic E-state index is 0.109. The lowest BCUT2D eigenvalue weighted by Gasteiger charge is -2.05. The number of rotatable bonds is 3. The van der Waals surface area contributed by atoms with Gasteiger partial charge in [-0.2, -0.15) is 5.10 Å². The van der Waals surface area contributed by atoms with Gasteiger partial charge < -0.3 is 0 Å². The molecular weight excluding hydrogens is 316 g/mol. The zero-order valence-electron chi connectivity index (χ0n) is 10.1. The smallest absolute Gasteiger partial charge is 0.134 e. The summed E-state index contributed by atoms with van der Waals surface area (Å²) in [4.78, 5) is 11.2. The highest BCUT2D eigenvalue weighted by Gasteiger charge is 2.16. The average Bonchev–Trinajstić information content (AvgIpc) is 2.57. The molecule has 0 aliphatic rings. The van der Waals surface area contributed by atoms with E-state index in [1.165, 1.54) is 0 Å². The highest BCUT2D eigenvalue weighted by atomic mass is 79.9. The summed E-state index contributed by atoms with van der Waals surface area (Å²) in [6.07, 6.45) is 0.372. The van der Waals surface area contributed by atoms with Crippen LogP contribution in [-0.2, 0) is 11.2 Å². The van der Waals surface area contributed by atoms with Crippen LogP contribution < -0.4 is 0 Å². The molecule has 0 saturated carbocycles. The van der Waals surface area contributed by atoms with Gasteiger partial charge in [0.25, 0.3) is 0 Å². The Bertz CT molecular complexity index is 607. The molecule has 0 fully saturated rings. The topological polar surface area (TPSA) is 34.9 Å². The van der Waals surface area contributed by atoms with E-state index in [4.69, 9.17) is 11.6 Å². The minimum absolute atomic E-state index is 0.109. The van der Waals surface area contributed by atoms with Gasteiger partial charge in [-0.15, -0.1) is 0 Å². The molecule has 5 heteroatoms. The summed E-state index contributed by atoms with van der Waals surface area (Å²) in [6, 6.07) is 7.46. The fourth-order valence-corrected chi connectivity index (χ4v) is 2.68. The summed E-state index contributed by atoms with van der Waals surface area (Å²) in [5.41, 5.74) is 2.53. The standard InChI is InChI=1S/C13H12BrClN2O/c1-8(18)7-10-9(2)16-17(13(10)14)12-6-4-3-5-11(12)15/h3-6H,7H2,1-2H3. The molecule has 0 saturated heterocycles. The van der Waals surface area contributed by atoms with E-state index >= 15 is 0 Å². The number of aryl methyl sites for hydroxylation is 1. The maximum atomic E-state index is 11.2. The molecule has 18 heavy (non-hydrogen) atoms. The van der Waals surface area contributed by atoms with E-state index in [9.17, 15) is 4.79 Å². The quantitative estimate of drug-likeness (QED) is 0.861. The van der Waals surface area contributed by atoms with E-state index in [1.807, 2.05) is 31.2 Å². The number of nitrogens with zero attached hydrogens (tertiary/aromatic N) is 2. The molecule has 0 N–H and O–H groups in total. The van der Waals surface area contributed by atoms with E-state index < -0.39 is 0 Å². The SMILES string of the molecule is CC(=O)Cc1c(C)nn(-c2ccccc2Cl)c1Br. The van der Waals surface area contributed by atoms with Crippen molar-refractivity contribution in [1.29, 1.82) is 0 Å². The van der Waals surface area contributed by atoms with Crippen molar-refractivity contribution >= 4 is 33.3 Å². The predicted octanol–water partition coefficient (Wildman–Crippen LogP) is 3.73. The Morgan fingerprint density at radius 2 is 2.11 bits per heavy atom. The molecule has 2 aromatic rings. The van der Waals surface area contributed by atoms with Gasteiger partial charge in [-0.05, 0) is 41.9 Å². The van der Waals surface area contributed by atoms with Crippen molar-refractivity contribution in [1.82, 2.24) is 9.78 Å². The normalized spacial score (nSPS) is 10.7. The molecule has 0 bridgehead atoms. The monoisotopic (exact) mass is 326 g/mol. The first-order chi connectivity index (χ1) is 8.50. The molecule has 0 radical (unpaired) electrons. The number of ketones is 1. The molecule has 3 nitrogen and oxygen atoms in total. The van der Waals surface area contributed by atoms with Gasteiger partial charge in [-0.1, -0.05) is 23.7 Å². The lowest BCUT2D eigenvalue weighted by Crippen LogP contribution is -1.99. The summed E-state index contributed by atoms with van der Waals surface area (Å²) < 4.78 is 2.50. The van der Waals surface area contributed by atoms with Crippen LogP contribution in [0, 0.1) is 6.92 Å². The first-order valence-corrected chi connectivity index (χ1v) is 6.66. The lowest BCUT2D eigenvalue weighted by molar-refractivity contribution is -0.116. The van der Waals surface area contributed by atoms with Crippen LogP contribution in [0.25, 0.3) is 5.69 Å². The van der Waals surface area contributed by atoms with Crippen LogP contribution in [0.2, 0.25) is 5.02 Å². The minimum Gasteiger partial charge on any atom is -0.300 e. The molecule has 94 valence electrons. The second kappa shape index (κ2) is 5.24. The van der Waals surface area contributed by atoms with Crippen LogP contribution in [0.3, 0.4) is 0 Å². The van der Waals surface area contributed by atoms with Crippen LogP contribution >= 0.6 is 27.5 Å². The van der Waals surface area contributed by atoms with Gasteiger partial charge >= 0.3 is 0 Å². The Balaban J connectivity index is 2.54. The van der Waals surface area contributed by atoms with E-state index in [-0.39, 0.29) is 5.78 Å². The molecule has 1 aromatic carbocycles. The number of carbonyl (C=O) groups excluding carboxylic acids is 1. The number of hydrogen-bond acceptors (Lipinski definition) is 2. The molecule has 0 amide bonds. The Hall–Kier alpha value is -1.13. The van der Waals surface area contributed by atoms with Crippen molar-refractivity contribution in [3.63, 3.8) is 0 Å². The van der Waals surface area contributed by atoms with Gasteiger partial charge in [0.05, 0.1) is 16.4 Å². The van der Waals surface area contributed by atoms with Gasteiger partial charge in [0, 0.05) is 12.0 Å². The van der Waals surface area contributed by atoms with Crippen molar-refractivity contribution in [3.05, 3.63) is 45.1 Å². The summed E-state index contributed by atoms with van der Waals surface area (Å²) >= 11 is 9.64. The van der Waals surface area contributed by atoms with E-state index in [0.29, 0.717) is 11.4 Å². The Labute approximate surface area is 119 Å². The second-order valence-electron chi connectivity index (χ2n) is 4.10. The van der Waals surface area contributed by atoms with Gasteiger partial charge in [0.2, 0.25) is 0 Å². The molecule has 2 rings (SSSR count). The van der Waals surface area contributed by atoms with Crippen molar-refractivity contribution in [2.75, 3.05) is 0 Å². The zero-order chi connectivity index (χ0) is 13.3. The first-order valence-electron chi connectivity index (χ1n) is 5.49.